The summed E-state index contributed by atoms with van der Waals surface area (Å²) in [5.74, 6) is 7.51. The number of fused-ring (bicyclic) bond motifs is 4. The van der Waals surface area contributed by atoms with Crippen molar-refractivity contribution in [1.82, 2.24) is 10.3 Å². The van der Waals surface area contributed by atoms with Crippen molar-refractivity contribution in [2.45, 2.75) is 145 Å². The van der Waals surface area contributed by atoms with Gasteiger partial charge in [-0.25, -0.2) is 0 Å². The molecule has 1 aromatic heterocycles. The zero-order valence-corrected chi connectivity index (χ0v) is 27.9. The molecule has 12 atom stereocenters. The number of hydrogen-bond donors (Lipinski definition) is 1. The SMILES string of the molecule is CC1CC2C(C3CCC4CCCCC4N3)CCCC2C1[Si](C)(C)C1CCC2C(c3ccc4ccccc4n3)CCCC21. The van der Waals surface area contributed by atoms with Crippen molar-refractivity contribution in [3.63, 3.8) is 0 Å². The third-order valence-electron chi connectivity index (χ3n) is 14.9. The van der Waals surface area contributed by atoms with E-state index in [2.05, 4.69) is 61.7 Å². The molecule has 0 amide bonds. The van der Waals surface area contributed by atoms with Crippen molar-refractivity contribution in [3.05, 3.63) is 42.1 Å². The third-order valence-corrected chi connectivity index (χ3v) is 20.2. The number of pyridine rings is 1. The van der Waals surface area contributed by atoms with Crippen molar-refractivity contribution < 1.29 is 0 Å². The number of nitrogens with zero attached hydrogens (tertiary/aromatic N) is 1. The molecule has 5 saturated carbocycles. The van der Waals surface area contributed by atoms with Gasteiger partial charge in [-0.2, -0.15) is 0 Å². The fourth-order valence-electron chi connectivity index (χ4n) is 13.4. The molecule has 0 radical (unpaired) electrons. The minimum absolute atomic E-state index is 0.692. The van der Waals surface area contributed by atoms with Gasteiger partial charge in [-0.3, -0.25) is 4.98 Å². The summed E-state index contributed by atoms with van der Waals surface area (Å²) >= 11 is 0. The first-order chi connectivity index (χ1) is 20.5. The molecule has 5 aliphatic carbocycles. The first kappa shape index (κ1) is 28.3. The molecule has 2 aromatic rings. The Bertz CT molecular complexity index is 1260. The number of nitrogens with one attached hydrogen (secondary N) is 1. The Balaban J connectivity index is 1.01. The van der Waals surface area contributed by atoms with Crippen LogP contribution in [0.3, 0.4) is 0 Å². The summed E-state index contributed by atoms with van der Waals surface area (Å²) in [7, 11) is -1.44. The average Bonchev–Trinajstić information content (AvgIpc) is 3.62. The molecule has 0 bridgehead atoms. The van der Waals surface area contributed by atoms with Gasteiger partial charge < -0.3 is 5.32 Å². The molecule has 42 heavy (non-hydrogen) atoms. The van der Waals surface area contributed by atoms with E-state index in [4.69, 9.17) is 4.98 Å². The van der Waals surface area contributed by atoms with Gasteiger partial charge in [0.1, 0.15) is 0 Å². The number of piperidine rings is 1. The second-order valence-corrected chi connectivity index (χ2v) is 22.0. The van der Waals surface area contributed by atoms with Crippen molar-refractivity contribution in [1.29, 1.82) is 0 Å². The van der Waals surface area contributed by atoms with E-state index in [1.54, 1.807) is 12.8 Å². The lowest BCUT2D eigenvalue weighted by molar-refractivity contribution is 0.0818. The molecule has 8 rings (SSSR count). The highest BCUT2D eigenvalue weighted by Crippen LogP contribution is 2.65. The maximum atomic E-state index is 5.27. The molecule has 228 valence electrons. The fraction of sp³-hybridized carbons (Fsp3) is 0.769. The van der Waals surface area contributed by atoms with E-state index in [9.17, 15) is 0 Å². The van der Waals surface area contributed by atoms with Crippen LogP contribution in [-0.4, -0.2) is 25.1 Å². The van der Waals surface area contributed by atoms with Crippen molar-refractivity contribution in [3.8, 4) is 0 Å². The molecular weight excluding hydrogens is 525 g/mol. The van der Waals surface area contributed by atoms with Gasteiger partial charge in [0.2, 0.25) is 0 Å². The fourth-order valence-corrected chi connectivity index (χ4v) is 19.4. The van der Waals surface area contributed by atoms with Gasteiger partial charge in [-0.1, -0.05) is 89.2 Å². The van der Waals surface area contributed by atoms with Crippen molar-refractivity contribution in [2.75, 3.05) is 0 Å². The summed E-state index contributed by atoms with van der Waals surface area (Å²) < 4.78 is 0. The molecule has 6 aliphatic rings. The summed E-state index contributed by atoms with van der Waals surface area (Å²) in [4.78, 5) is 5.27. The van der Waals surface area contributed by atoms with E-state index in [1.165, 1.54) is 100 Å². The van der Waals surface area contributed by atoms with Crippen molar-refractivity contribution >= 4 is 19.0 Å². The first-order valence-corrected chi connectivity index (χ1v) is 21.8. The van der Waals surface area contributed by atoms with Crippen LogP contribution in [-0.2, 0) is 0 Å². The predicted molar refractivity (Wildman–Crippen MR) is 180 cm³/mol. The summed E-state index contributed by atoms with van der Waals surface area (Å²) in [6, 6.07) is 15.2. The maximum Gasteiger partial charge on any atom is 0.0705 e. The number of para-hydroxylation sites is 1. The van der Waals surface area contributed by atoms with E-state index >= 15 is 0 Å². The topological polar surface area (TPSA) is 24.9 Å². The second kappa shape index (κ2) is 11.3. The molecule has 1 aliphatic heterocycles. The van der Waals surface area contributed by atoms with Crippen LogP contribution in [0.15, 0.2) is 36.4 Å². The van der Waals surface area contributed by atoms with Gasteiger partial charge in [0.05, 0.1) is 13.6 Å². The van der Waals surface area contributed by atoms with E-state index in [0.29, 0.717) is 5.92 Å². The van der Waals surface area contributed by atoms with Gasteiger partial charge >= 0.3 is 0 Å². The number of hydrogen-bond acceptors (Lipinski definition) is 2. The Morgan fingerprint density at radius 3 is 2.40 bits per heavy atom. The lowest BCUT2D eigenvalue weighted by atomic mass is 9.67. The number of aromatic nitrogens is 1. The standard InChI is InChI=1S/C39H58N2Si/c1-25-24-33-30(37-22-19-27-11-5-7-17-35(27)41-37)13-9-15-32(33)39(25)42(2,3)38-23-20-28-29(12-8-14-31(28)38)36-21-18-26-10-4-6-16-34(26)40-36/h4,6,10,16,18,21,25,27-33,35,37-39,41H,5,7-9,11-15,17,19-20,22-24H2,1-3H3. The minimum atomic E-state index is -1.44. The van der Waals surface area contributed by atoms with Crippen LogP contribution in [0, 0.1) is 41.4 Å². The van der Waals surface area contributed by atoms with E-state index < -0.39 is 8.07 Å². The highest BCUT2D eigenvalue weighted by molar-refractivity contribution is 6.80. The van der Waals surface area contributed by atoms with Gasteiger partial charge in [0.25, 0.3) is 0 Å². The predicted octanol–water partition coefficient (Wildman–Crippen LogP) is 10.4. The Morgan fingerprint density at radius 1 is 0.667 bits per heavy atom. The molecule has 6 fully saturated rings. The van der Waals surface area contributed by atoms with Gasteiger partial charge in [-0.15, -0.1) is 0 Å². The minimum Gasteiger partial charge on any atom is -0.311 e. The Morgan fingerprint density at radius 2 is 1.48 bits per heavy atom. The smallest absolute Gasteiger partial charge is 0.0705 e. The van der Waals surface area contributed by atoms with Crippen LogP contribution < -0.4 is 5.32 Å². The van der Waals surface area contributed by atoms with Gasteiger partial charge in [0, 0.05) is 29.1 Å². The van der Waals surface area contributed by atoms with Crippen LogP contribution in [0.5, 0.6) is 0 Å². The van der Waals surface area contributed by atoms with E-state index in [0.717, 1.165) is 64.6 Å². The summed E-state index contributed by atoms with van der Waals surface area (Å²) in [5.41, 5.74) is 4.70. The molecular formula is C39H58N2Si. The molecule has 12 unspecified atom stereocenters. The average molecular weight is 583 g/mol. The van der Waals surface area contributed by atoms with Crippen LogP contribution in [0.2, 0.25) is 24.2 Å². The summed E-state index contributed by atoms with van der Waals surface area (Å²) in [5, 5.41) is 5.63. The molecule has 2 nitrogen and oxygen atoms in total. The second-order valence-electron chi connectivity index (χ2n) is 17.0. The number of benzene rings is 1. The zero-order chi connectivity index (χ0) is 28.4. The highest BCUT2D eigenvalue weighted by atomic mass is 28.3. The van der Waals surface area contributed by atoms with Gasteiger partial charge in [-0.05, 0) is 116 Å². The van der Waals surface area contributed by atoms with Crippen molar-refractivity contribution in [2.24, 2.45) is 41.4 Å². The van der Waals surface area contributed by atoms with E-state index in [-0.39, 0.29) is 0 Å². The molecule has 3 heteroatoms. The van der Waals surface area contributed by atoms with Crippen LogP contribution in [0.25, 0.3) is 10.9 Å². The summed E-state index contributed by atoms with van der Waals surface area (Å²) in [6.45, 7) is 8.52. The molecule has 1 N–H and O–H groups in total. The lowest BCUT2D eigenvalue weighted by Crippen LogP contribution is -2.54. The zero-order valence-electron chi connectivity index (χ0n) is 26.9. The maximum absolute atomic E-state index is 5.27. The van der Waals surface area contributed by atoms with Gasteiger partial charge in [0.15, 0.2) is 0 Å². The summed E-state index contributed by atoms with van der Waals surface area (Å²) in [6.07, 6.45) is 22.3. The number of rotatable bonds is 4. The van der Waals surface area contributed by atoms with Crippen LogP contribution in [0.4, 0.5) is 0 Å². The van der Waals surface area contributed by atoms with Crippen LogP contribution in [0.1, 0.15) is 115 Å². The molecule has 0 spiro atoms. The third kappa shape index (κ3) is 4.77. The normalized spacial score (nSPS) is 44.0. The first-order valence-electron chi connectivity index (χ1n) is 18.6. The highest BCUT2D eigenvalue weighted by Gasteiger charge is 2.58. The quantitative estimate of drug-likeness (QED) is 0.363. The Kier molecular flexibility index (Phi) is 7.62. The molecule has 2 heterocycles. The Labute approximate surface area is 257 Å². The molecule has 1 aromatic carbocycles. The van der Waals surface area contributed by atoms with Crippen LogP contribution >= 0.6 is 0 Å². The van der Waals surface area contributed by atoms with E-state index in [1.807, 2.05) is 0 Å². The molecule has 1 saturated heterocycles. The lowest BCUT2D eigenvalue weighted by Gasteiger charge is -2.50. The Hall–Kier alpha value is -1.19. The monoisotopic (exact) mass is 582 g/mol. The largest absolute Gasteiger partial charge is 0.311 e.